The van der Waals surface area contributed by atoms with E-state index in [2.05, 4.69) is 29.4 Å². The molecule has 0 aliphatic heterocycles. The lowest BCUT2D eigenvalue weighted by Gasteiger charge is -2.33. The first-order valence-electron chi connectivity index (χ1n) is 8.56. The minimum atomic E-state index is -3.53. The molecule has 3 nitrogen and oxygen atoms in total. The van der Waals surface area contributed by atoms with Crippen LogP contribution in [0.4, 0.5) is 0 Å². The van der Waals surface area contributed by atoms with Crippen LogP contribution in [0.2, 0.25) is 0 Å². The van der Waals surface area contributed by atoms with Gasteiger partial charge in [-0.05, 0) is 41.3 Å². The molecular formula is C21H24NO2P. The van der Waals surface area contributed by atoms with E-state index in [0.717, 1.165) is 16.5 Å². The number of hydrogen-bond donors (Lipinski definition) is 2. The summed E-state index contributed by atoms with van der Waals surface area (Å²) in [5.74, 6) is 0. The quantitative estimate of drug-likeness (QED) is 0.580. The summed E-state index contributed by atoms with van der Waals surface area (Å²) in [7, 11) is -3.53. The minimum Gasteiger partial charge on any atom is -0.333 e. The first kappa shape index (κ1) is 17.9. The number of nitrogens with one attached hydrogen (secondary N) is 1. The molecule has 3 rings (SSSR count). The van der Waals surface area contributed by atoms with Crippen LogP contribution in [0.15, 0.2) is 72.8 Å². The third-order valence-electron chi connectivity index (χ3n) is 4.75. The van der Waals surface area contributed by atoms with Gasteiger partial charge in [0.2, 0.25) is 0 Å². The number of rotatable bonds is 6. The van der Waals surface area contributed by atoms with Crippen LogP contribution >= 0.6 is 7.52 Å². The van der Waals surface area contributed by atoms with Crippen molar-refractivity contribution in [3.8, 4) is 0 Å². The summed E-state index contributed by atoms with van der Waals surface area (Å²) in [6.07, 6.45) is 0.835. The Hall–Kier alpha value is -1.93. The number of fused-ring (bicyclic) bond motifs is 1. The molecule has 2 unspecified atom stereocenters. The van der Waals surface area contributed by atoms with Gasteiger partial charge in [-0.15, -0.1) is 0 Å². The van der Waals surface area contributed by atoms with E-state index in [0.29, 0.717) is 6.42 Å². The highest BCUT2D eigenvalue weighted by atomic mass is 31.2. The summed E-state index contributed by atoms with van der Waals surface area (Å²) in [4.78, 5) is 10.6. The van der Waals surface area contributed by atoms with Crippen LogP contribution in [-0.4, -0.2) is 4.89 Å². The van der Waals surface area contributed by atoms with Crippen molar-refractivity contribution in [2.75, 3.05) is 0 Å². The number of benzene rings is 3. The van der Waals surface area contributed by atoms with Gasteiger partial charge >= 0.3 is 0 Å². The van der Waals surface area contributed by atoms with Gasteiger partial charge in [0.05, 0.1) is 6.16 Å². The fraction of sp³-hybridized carbons (Fsp3) is 0.238. The van der Waals surface area contributed by atoms with Gasteiger partial charge < -0.3 is 4.89 Å². The Morgan fingerprint density at radius 3 is 2.28 bits per heavy atom. The molecule has 0 heterocycles. The predicted molar refractivity (Wildman–Crippen MR) is 105 cm³/mol. The molecular weight excluding hydrogens is 329 g/mol. The zero-order valence-electron chi connectivity index (χ0n) is 14.6. The Kier molecular flexibility index (Phi) is 5.10. The second-order valence-electron chi connectivity index (χ2n) is 6.70. The zero-order valence-corrected chi connectivity index (χ0v) is 15.5. The van der Waals surface area contributed by atoms with Gasteiger partial charge in [-0.2, -0.15) is 0 Å². The predicted octanol–water partition coefficient (Wildman–Crippen LogP) is 5.44. The Balaban J connectivity index is 1.89. The largest absolute Gasteiger partial charge is 0.333 e. The van der Waals surface area contributed by atoms with Crippen LogP contribution < -0.4 is 5.09 Å². The van der Waals surface area contributed by atoms with Crippen LogP contribution in [0, 0.1) is 0 Å². The molecule has 3 aromatic rings. The SMILES string of the molecule is CCC(C)(NP(=O)(O)Cc1ccccc1)c1ccc2ccccc2c1. The van der Waals surface area contributed by atoms with E-state index in [-0.39, 0.29) is 6.16 Å². The normalized spacial score (nSPS) is 16.3. The third kappa shape index (κ3) is 4.19. The first-order valence-corrected chi connectivity index (χ1v) is 10.4. The van der Waals surface area contributed by atoms with Crippen LogP contribution in [0.5, 0.6) is 0 Å². The van der Waals surface area contributed by atoms with Gasteiger partial charge in [0.1, 0.15) is 0 Å². The van der Waals surface area contributed by atoms with E-state index < -0.39 is 13.1 Å². The highest BCUT2D eigenvalue weighted by Gasteiger charge is 2.32. The molecule has 4 heteroatoms. The van der Waals surface area contributed by atoms with Gasteiger partial charge in [0, 0.05) is 5.54 Å². The Morgan fingerprint density at radius 2 is 1.60 bits per heavy atom. The maximum atomic E-state index is 12.8. The summed E-state index contributed by atoms with van der Waals surface area (Å²) in [6.45, 7) is 4.02. The van der Waals surface area contributed by atoms with Crippen LogP contribution in [0.3, 0.4) is 0 Å². The Labute approximate surface area is 149 Å². The summed E-state index contributed by atoms with van der Waals surface area (Å²) in [5, 5.41) is 5.36. The molecule has 130 valence electrons. The Bertz CT molecular complexity index is 910. The monoisotopic (exact) mass is 353 g/mol. The standard InChI is InChI=1S/C21H24NO2P/c1-3-21(2,20-14-13-18-11-7-8-12-19(18)15-20)22-25(23,24)16-17-9-5-4-6-10-17/h4-15H,3,16H2,1-2H3,(H2,22,23,24). The van der Waals surface area contributed by atoms with Crippen molar-refractivity contribution in [3.63, 3.8) is 0 Å². The fourth-order valence-corrected chi connectivity index (χ4v) is 4.98. The molecule has 0 aromatic heterocycles. The highest BCUT2D eigenvalue weighted by molar-refractivity contribution is 7.55. The second kappa shape index (κ2) is 7.13. The van der Waals surface area contributed by atoms with Gasteiger partial charge in [0.25, 0.3) is 7.52 Å². The molecule has 2 N–H and O–H groups in total. The molecule has 0 bridgehead atoms. The van der Waals surface area contributed by atoms with E-state index in [1.54, 1.807) is 0 Å². The van der Waals surface area contributed by atoms with Gasteiger partial charge in [-0.25, -0.2) is 5.09 Å². The summed E-state index contributed by atoms with van der Waals surface area (Å²) >= 11 is 0. The maximum Gasteiger partial charge on any atom is 0.272 e. The van der Waals surface area contributed by atoms with Crippen LogP contribution in [0.25, 0.3) is 10.8 Å². The summed E-state index contributed by atoms with van der Waals surface area (Å²) < 4.78 is 12.8. The Morgan fingerprint density at radius 1 is 0.960 bits per heavy atom. The average Bonchev–Trinajstić information content (AvgIpc) is 2.61. The van der Waals surface area contributed by atoms with Crippen molar-refractivity contribution in [2.45, 2.75) is 32.0 Å². The molecule has 25 heavy (non-hydrogen) atoms. The average molecular weight is 353 g/mol. The molecule has 2 atom stereocenters. The van der Waals surface area contributed by atoms with Crippen molar-refractivity contribution in [1.29, 1.82) is 0 Å². The molecule has 0 spiro atoms. The molecule has 0 radical (unpaired) electrons. The molecule has 0 aliphatic rings. The zero-order chi connectivity index (χ0) is 17.9. The van der Waals surface area contributed by atoms with Crippen LogP contribution in [0.1, 0.15) is 31.4 Å². The number of hydrogen-bond acceptors (Lipinski definition) is 1. The van der Waals surface area contributed by atoms with Crippen molar-refractivity contribution in [3.05, 3.63) is 83.9 Å². The maximum absolute atomic E-state index is 12.8. The smallest absolute Gasteiger partial charge is 0.272 e. The third-order valence-corrected chi connectivity index (χ3v) is 6.39. The molecule has 3 aromatic carbocycles. The molecule has 0 saturated carbocycles. The lowest BCUT2D eigenvalue weighted by Crippen LogP contribution is -2.37. The minimum absolute atomic E-state index is 0.122. The van der Waals surface area contributed by atoms with E-state index in [4.69, 9.17) is 0 Å². The van der Waals surface area contributed by atoms with Crippen molar-refractivity contribution in [1.82, 2.24) is 5.09 Å². The van der Waals surface area contributed by atoms with E-state index in [9.17, 15) is 9.46 Å². The topological polar surface area (TPSA) is 49.3 Å². The van der Waals surface area contributed by atoms with Gasteiger partial charge in [-0.3, -0.25) is 4.57 Å². The van der Waals surface area contributed by atoms with E-state index >= 15 is 0 Å². The first-order chi connectivity index (χ1) is 11.9. The lowest BCUT2D eigenvalue weighted by molar-refractivity contribution is 0.377. The lowest BCUT2D eigenvalue weighted by atomic mass is 9.89. The highest BCUT2D eigenvalue weighted by Crippen LogP contribution is 2.45. The summed E-state index contributed by atoms with van der Waals surface area (Å²) in [5.41, 5.74) is 1.32. The molecule has 0 amide bonds. The fourth-order valence-electron chi connectivity index (χ4n) is 3.14. The van der Waals surface area contributed by atoms with Crippen molar-refractivity contribution < 1.29 is 9.46 Å². The van der Waals surface area contributed by atoms with E-state index in [1.165, 1.54) is 5.39 Å². The van der Waals surface area contributed by atoms with E-state index in [1.807, 2.05) is 62.4 Å². The molecule has 0 aliphatic carbocycles. The molecule has 0 fully saturated rings. The summed E-state index contributed by atoms with van der Waals surface area (Å²) in [6, 6.07) is 23.8. The van der Waals surface area contributed by atoms with Crippen LogP contribution in [-0.2, 0) is 16.3 Å². The second-order valence-corrected chi connectivity index (χ2v) is 8.65. The van der Waals surface area contributed by atoms with Crippen molar-refractivity contribution in [2.24, 2.45) is 0 Å². The van der Waals surface area contributed by atoms with Gasteiger partial charge in [-0.1, -0.05) is 73.7 Å². The molecule has 0 saturated heterocycles. The van der Waals surface area contributed by atoms with Crippen molar-refractivity contribution >= 4 is 18.3 Å². The van der Waals surface area contributed by atoms with Gasteiger partial charge in [0.15, 0.2) is 0 Å².